The molecule has 84 valence electrons. The molecule has 1 aliphatic rings. The van der Waals surface area contributed by atoms with Crippen molar-refractivity contribution in [2.24, 2.45) is 11.1 Å². The summed E-state index contributed by atoms with van der Waals surface area (Å²) in [6.07, 6.45) is 2.80. The monoisotopic (exact) mass is 216 g/mol. The molecular weight excluding hydrogens is 200 g/mol. The lowest BCUT2D eigenvalue weighted by Crippen LogP contribution is -2.13. The summed E-state index contributed by atoms with van der Waals surface area (Å²) in [5, 5.41) is 8.71. The van der Waals surface area contributed by atoms with Crippen molar-refractivity contribution in [3.63, 3.8) is 0 Å². The van der Waals surface area contributed by atoms with E-state index in [-0.39, 0.29) is 5.41 Å². The van der Waals surface area contributed by atoms with Gasteiger partial charge >= 0.3 is 0 Å². The van der Waals surface area contributed by atoms with Gasteiger partial charge in [-0.25, -0.2) is 0 Å². The van der Waals surface area contributed by atoms with Gasteiger partial charge in [-0.3, -0.25) is 0 Å². The second-order valence-electron chi connectivity index (χ2n) is 4.44. The maximum Gasteiger partial charge on any atom is 0.123 e. The van der Waals surface area contributed by atoms with Crippen LogP contribution in [-0.2, 0) is 6.54 Å². The molecule has 1 fully saturated rings. The molecule has 0 atom stereocenters. The first-order valence-electron chi connectivity index (χ1n) is 5.57. The van der Waals surface area contributed by atoms with Gasteiger partial charge in [0.05, 0.1) is 12.7 Å². The highest BCUT2D eigenvalue weighted by molar-refractivity contribution is 5.33. The Bertz CT molecular complexity index is 405. The Morgan fingerprint density at radius 1 is 1.38 bits per heavy atom. The molecule has 3 nitrogen and oxygen atoms in total. The van der Waals surface area contributed by atoms with Crippen LogP contribution >= 0.6 is 0 Å². The Labute approximate surface area is 95.8 Å². The highest BCUT2D eigenvalue weighted by atomic mass is 16.5. The molecule has 0 saturated heterocycles. The molecule has 1 aromatic carbocycles. The van der Waals surface area contributed by atoms with Crippen LogP contribution in [0.3, 0.4) is 0 Å². The van der Waals surface area contributed by atoms with E-state index in [2.05, 4.69) is 6.07 Å². The lowest BCUT2D eigenvalue weighted by Gasteiger charge is -2.15. The molecule has 2 N–H and O–H groups in total. The predicted octanol–water partition coefficient (Wildman–Crippen LogP) is 2.22. The lowest BCUT2D eigenvalue weighted by molar-refractivity contribution is 0.235. The van der Waals surface area contributed by atoms with Crippen molar-refractivity contribution in [1.82, 2.24) is 0 Å². The van der Waals surface area contributed by atoms with Gasteiger partial charge in [0.15, 0.2) is 0 Å². The van der Waals surface area contributed by atoms with Gasteiger partial charge in [-0.05, 0) is 18.9 Å². The largest absolute Gasteiger partial charge is 0.493 e. The number of benzene rings is 1. The number of nitriles is 1. The topological polar surface area (TPSA) is 59.0 Å². The van der Waals surface area contributed by atoms with Crippen LogP contribution in [0, 0.1) is 16.7 Å². The Kier molecular flexibility index (Phi) is 3.12. The Balaban J connectivity index is 1.97. The normalized spacial score (nSPS) is 16.5. The molecule has 0 unspecified atom stereocenters. The minimum atomic E-state index is 0.121. The summed E-state index contributed by atoms with van der Waals surface area (Å²) in [5.41, 5.74) is 6.78. The summed E-state index contributed by atoms with van der Waals surface area (Å²) in [6, 6.07) is 10.0. The second-order valence-corrected chi connectivity index (χ2v) is 4.44. The summed E-state index contributed by atoms with van der Waals surface area (Å²) in [7, 11) is 0. The summed E-state index contributed by atoms with van der Waals surface area (Å²) >= 11 is 0. The molecule has 2 rings (SSSR count). The van der Waals surface area contributed by atoms with E-state index in [1.165, 1.54) is 0 Å². The number of ether oxygens (including phenoxy) is 1. The summed E-state index contributed by atoms with van der Waals surface area (Å²) in [5.74, 6) is 0.856. The molecule has 0 heterocycles. The number of hydrogen-bond donors (Lipinski definition) is 1. The molecule has 0 bridgehead atoms. The van der Waals surface area contributed by atoms with Crippen LogP contribution in [0.4, 0.5) is 0 Å². The number of nitrogens with zero attached hydrogens (tertiary/aromatic N) is 1. The van der Waals surface area contributed by atoms with E-state index in [1.807, 2.05) is 24.3 Å². The maximum absolute atomic E-state index is 8.71. The summed E-state index contributed by atoms with van der Waals surface area (Å²) in [4.78, 5) is 0. The molecule has 1 aliphatic carbocycles. The molecular formula is C13H16N2O. The van der Waals surface area contributed by atoms with Crippen molar-refractivity contribution in [2.45, 2.75) is 25.8 Å². The van der Waals surface area contributed by atoms with E-state index < -0.39 is 0 Å². The maximum atomic E-state index is 8.71. The molecule has 3 heteroatoms. The van der Waals surface area contributed by atoms with E-state index in [4.69, 9.17) is 15.7 Å². The SMILES string of the molecule is N#CCC1(COc2ccccc2CN)CC1. The summed E-state index contributed by atoms with van der Waals surface area (Å²) in [6.45, 7) is 1.12. The van der Waals surface area contributed by atoms with Crippen LogP contribution < -0.4 is 10.5 Å². The lowest BCUT2D eigenvalue weighted by atomic mass is 10.1. The second kappa shape index (κ2) is 4.54. The van der Waals surface area contributed by atoms with Gasteiger partial charge in [-0.1, -0.05) is 18.2 Å². The minimum absolute atomic E-state index is 0.121. The van der Waals surface area contributed by atoms with E-state index in [0.29, 0.717) is 19.6 Å². The standard InChI is InChI=1S/C13H16N2O/c14-8-7-13(5-6-13)10-16-12-4-2-1-3-11(12)9-15/h1-4H,5-7,9-10,15H2. The molecule has 0 radical (unpaired) electrons. The Morgan fingerprint density at radius 2 is 2.12 bits per heavy atom. The zero-order valence-electron chi connectivity index (χ0n) is 9.28. The van der Waals surface area contributed by atoms with Crippen molar-refractivity contribution in [3.8, 4) is 11.8 Å². The van der Waals surface area contributed by atoms with Crippen LogP contribution in [-0.4, -0.2) is 6.61 Å². The third kappa shape index (κ3) is 2.34. The fourth-order valence-corrected chi connectivity index (χ4v) is 1.76. The highest BCUT2D eigenvalue weighted by Crippen LogP contribution is 2.48. The van der Waals surface area contributed by atoms with E-state index >= 15 is 0 Å². The Morgan fingerprint density at radius 3 is 2.75 bits per heavy atom. The van der Waals surface area contributed by atoms with Crippen molar-refractivity contribution < 1.29 is 4.74 Å². The van der Waals surface area contributed by atoms with E-state index in [9.17, 15) is 0 Å². The van der Waals surface area contributed by atoms with Gasteiger partial charge < -0.3 is 10.5 Å². The van der Waals surface area contributed by atoms with Gasteiger partial charge in [-0.15, -0.1) is 0 Å². The van der Waals surface area contributed by atoms with Crippen molar-refractivity contribution in [1.29, 1.82) is 5.26 Å². The third-order valence-electron chi connectivity index (χ3n) is 3.14. The molecule has 16 heavy (non-hydrogen) atoms. The zero-order chi connectivity index (χ0) is 11.4. The third-order valence-corrected chi connectivity index (χ3v) is 3.14. The number of para-hydroxylation sites is 1. The molecule has 0 aliphatic heterocycles. The van der Waals surface area contributed by atoms with Crippen LogP contribution in [0.5, 0.6) is 5.75 Å². The highest BCUT2D eigenvalue weighted by Gasteiger charge is 2.43. The smallest absolute Gasteiger partial charge is 0.123 e. The molecule has 1 aromatic rings. The average molecular weight is 216 g/mol. The van der Waals surface area contributed by atoms with Crippen LogP contribution in [0.1, 0.15) is 24.8 Å². The minimum Gasteiger partial charge on any atom is -0.493 e. The molecule has 0 spiro atoms. The van der Waals surface area contributed by atoms with Gasteiger partial charge in [0.25, 0.3) is 0 Å². The first kappa shape index (κ1) is 11.0. The van der Waals surface area contributed by atoms with Gasteiger partial charge in [-0.2, -0.15) is 5.26 Å². The van der Waals surface area contributed by atoms with Crippen LogP contribution in [0.2, 0.25) is 0 Å². The number of rotatable bonds is 5. The molecule has 1 saturated carbocycles. The number of hydrogen-bond acceptors (Lipinski definition) is 3. The number of nitrogens with two attached hydrogens (primary N) is 1. The predicted molar refractivity (Wildman–Crippen MR) is 61.7 cm³/mol. The average Bonchev–Trinajstić information content (AvgIpc) is 3.08. The van der Waals surface area contributed by atoms with Crippen molar-refractivity contribution >= 4 is 0 Å². The van der Waals surface area contributed by atoms with E-state index in [0.717, 1.165) is 24.2 Å². The van der Waals surface area contributed by atoms with E-state index in [1.54, 1.807) is 0 Å². The van der Waals surface area contributed by atoms with Crippen molar-refractivity contribution in [3.05, 3.63) is 29.8 Å². The quantitative estimate of drug-likeness (QED) is 0.821. The fraction of sp³-hybridized carbons (Fsp3) is 0.462. The summed E-state index contributed by atoms with van der Waals surface area (Å²) < 4.78 is 5.78. The van der Waals surface area contributed by atoms with Gasteiger partial charge in [0.1, 0.15) is 5.75 Å². The van der Waals surface area contributed by atoms with Crippen molar-refractivity contribution in [2.75, 3.05) is 6.61 Å². The molecule has 0 amide bonds. The Hall–Kier alpha value is -1.53. The first-order chi connectivity index (χ1) is 7.79. The molecule has 0 aromatic heterocycles. The zero-order valence-corrected chi connectivity index (χ0v) is 9.28. The van der Waals surface area contributed by atoms with Crippen LogP contribution in [0.15, 0.2) is 24.3 Å². The fourth-order valence-electron chi connectivity index (χ4n) is 1.76. The van der Waals surface area contributed by atoms with Gasteiger partial charge in [0, 0.05) is 23.9 Å². The van der Waals surface area contributed by atoms with Gasteiger partial charge in [0.2, 0.25) is 0 Å². The van der Waals surface area contributed by atoms with Crippen LogP contribution in [0.25, 0.3) is 0 Å². The first-order valence-corrected chi connectivity index (χ1v) is 5.57.